The van der Waals surface area contributed by atoms with Crippen molar-refractivity contribution in [2.75, 3.05) is 36.8 Å². The zero-order valence-electron chi connectivity index (χ0n) is 19.8. The van der Waals surface area contributed by atoms with Gasteiger partial charge in [-0.3, -0.25) is 9.59 Å². The lowest BCUT2D eigenvalue weighted by molar-refractivity contribution is -0.118. The number of anilines is 2. The van der Waals surface area contributed by atoms with Crippen molar-refractivity contribution in [3.63, 3.8) is 0 Å². The molecule has 0 aliphatic rings. The fraction of sp³-hybridized carbons (Fsp3) is 0.231. The molecule has 0 radical (unpaired) electrons. The Bertz CT molecular complexity index is 1290. The van der Waals surface area contributed by atoms with Gasteiger partial charge in [-0.05, 0) is 19.1 Å². The number of aromatic amines is 1. The minimum absolute atomic E-state index is 0.0759. The molecule has 2 aromatic carbocycles. The van der Waals surface area contributed by atoms with E-state index in [2.05, 4.69) is 31.2 Å². The number of rotatable bonds is 10. The number of hydrogen-bond donors (Lipinski definition) is 5. The second kappa shape index (κ2) is 11.1. The molecule has 180 valence electrons. The number of H-pyrrole nitrogens is 1. The van der Waals surface area contributed by atoms with Gasteiger partial charge in [0.25, 0.3) is 5.91 Å². The molecular weight excluding hydrogens is 442 g/mol. The number of carbonyl (C=O) groups is 2. The predicted molar refractivity (Wildman–Crippen MR) is 138 cm³/mol. The molecule has 0 saturated carbocycles. The highest BCUT2D eigenvalue weighted by Gasteiger charge is 2.13. The molecule has 0 aliphatic heterocycles. The molecule has 0 saturated heterocycles. The van der Waals surface area contributed by atoms with Crippen LogP contribution in [0.25, 0.3) is 22.3 Å². The summed E-state index contributed by atoms with van der Waals surface area (Å²) >= 11 is 0. The molecule has 0 spiro atoms. The second-order valence-electron chi connectivity index (χ2n) is 8.10. The first kappa shape index (κ1) is 23.7. The van der Waals surface area contributed by atoms with Gasteiger partial charge in [0.2, 0.25) is 5.91 Å². The van der Waals surface area contributed by atoms with Crippen LogP contribution in [-0.2, 0) is 4.79 Å². The van der Waals surface area contributed by atoms with Gasteiger partial charge < -0.3 is 26.3 Å². The summed E-state index contributed by atoms with van der Waals surface area (Å²) in [5.41, 5.74) is 3.21. The Morgan fingerprint density at radius 2 is 1.46 bits per heavy atom. The average Bonchev–Trinajstić information content (AvgIpc) is 3.31. The first-order valence-electron chi connectivity index (χ1n) is 11.5. The van der Waals surface area contributed by atoms with Crippen LogP contribution in [-0.4, -0.2) is 52.9 Å². The van der Waals surface area contributed by atoms with Gasteiger partial charge in [0.1, 0.15) is 17.3 Å². The summed E-state index contributed by atoms with van der Waals surface area (Å²) in [6.45, 7) is 5.35. The molecule has 9 nitrogen and oxygen atoms in total. The van der Waals surface area contributed by atoms with Crippen LogP contribution in [0.2, 0.25) is 0 Å². The third-order valence-electron chi connectivity index (χ3n) is 5.45. The molecule has 4 rings (SSSR count). The Kier molecular flexibility index (Phi) is 7.57. The number of para-hydroxylation sites is 1. The van der Waals surface area contributed by atoms with E-state index in [4.69, 9.17) is 4.98 Å². The second-order valence-corrected chi connectivity index (χ2v) is 8.10. The van der Waals surface area contributed by atoms with Crippen molar-refractivity contribution in [3.05, 3.63) is 71.9 Å². The maximum Gasteiger partial charge on any atom is 0.267 e. The first-order valence-corrected chi connectivity index (χ1v) is 11.5. The van der Waals surface area contributed by atoms with E-state index >= 15 is 0 Å². The van der Waals surface area contributed by atoms with Crippen LogP contribution >= 0.6 is 0 Å². The van der Waals surface area contributed by atoms with Gasteiger partial charge in [0.05, 0.1) is 0 Å². The summed E-state index contributed by atoms with van der Waals surface area (Å²) in [7, 11) is 0. The van der Waals surface area contributed by atoms with Crippen LogP contribution in [0.4, 0.5) is 11.6 Å². The number of hydrogen-bond acceptors (Lipinski definition) is 6. The average molecular weight is 472 g/mol. The van der Waals surface area contributed by atoms with E-state index in [1.165, 1.54) is 6.92 Å². The van der Waals surface area contributed by atoms with Crippen LogP contribution in [0.5, 0.6) is 0 Å². The Hall–Kier alpha value is -4.40. The molecule has 2 aromatic heterocycles. The molecule has 9 heteroatoms. The highest BCUT2D eigenvalue weighted by atomic mass is 16.2. The molecule has 0 unspecified atom stereocenters. The van der Waals surface area contributed by atoms with Crippen LogP contribution in [0, 0.1) is 6.92 Å². The summed E-state index contributed by atoms with van der Waals surface area (Å²) in [5.74, 6) is 1.72. The van der Waals surface area contributed by atoms with Gasteiger partial charge in [-0.25, -0.2) is 9.97 Å². The predicted octanol–water partition coefficient (Wildman–Crippen LogP) is 3.32. The normalized spacial score (nSPS) is 10.7. The van der Waals surface area contributed by atoms with Crippen molar-refractivity contribution in [2.45, 2.75) is 13.8 Å². The molecule has 5 N–H and O–H groups in total. The molecule has 2 amide bonds. The number of aromatic nitrogens is 3. The molecule has 0 fully saturated rings. The molecule has 35 heavy (non-hydrogen) atoms. The van der Waals surface area contributed by atoms with Crippen molar-refractivity contribution in [3.8, 4) is 11.4 Å². The van der Waals surface area contributed by atoms with Gasteiger partial charge in [-0.1, -0.05) is 48.5 Å². The lowest BCUT2D eigenvalue weighted by Crippen LogP contribution is -2.29. The largest absolute Gasteiger partial charge is 0.368 e. The summed E-state index contributed by atoms with van der Waals surface area (Å²) < 4.78 is 0. The minimum atomic E-state index is -0.160. The third kappa shape index (κ3) is 6.14. The quantitative estimate of drug-likeness (QED) is 0.226. The maximum absolute atomic E-state index is 12.5. The van der Waals surface area contributed by atoms with Crippen molar-refractivity contribution in [1.29, 1.82) is 0 Å². The van der Waals surface area contributed by atoms with Crippen LogP contribution in [0.1, 0.15) is 23.0 Å². The van der Waals surface area contributed by atoms with E-state index in [9.17, 15) is 9.59 Å². The molecule has 0 atom stereocenters. The SMILES string of the molecule is CC(=O)NCCNc1nc(-c2ccccc2)nc(NCCNC(=O)c2cc3ccccc3[nH]2)c1C. The Labute approximate surface area is 203 Å². The van der Waals surface area contributed by atoms with E-state index < -0.39 is 0 Å². The summed E-state index contributed by atoms with van der Waals surface area (Å²) in [6, 6.07) is 19.4. The minimum Gasteiger partial charge on any atom is -0.368 e. The van der Waals surface area contributed by atoms with E-state index in [1.807, 2.05) is 67.6 Å². The molecule has 0 aliphatic carbocycles. The number of nitrogens with one attached hydrogen (secondary N) is 5. The number of fused-ring (bicyclic) bond motifs is 1. The third-order valence-corrected chi connectivity index (χ3v) is 5.45. The van der Waals surface area contributed by atoms with Crippen molar-refractivity contribution in [1.82, 2.24) is 25.6 Å². The standard InChI is InChI=1S/C26H29N7O2/c1-17-23(28-13-12-27-18(2)34)32-25(19-8-4-3-5-9-19)33-24(17)29-14-15-30-26(35)22-16-20-10-6-7-11-21(20)31-22/h3-11,16,31H,12-15H2,1-2H3,(H,27,34)(H,30,35)(H2,28,29,32,33). The van der Waals surface area contributed by atoms with Gasteiger partial charge in [-0.15, -0.1) is 0 Å². The lowest BCUT2D eigenvalue weighted by atomic mass is 10.2. The number of benzene rings is 2. The fourth-order valence-corrected chi connectivity index (χ4v) is 3.64. The zero-order valence-corrected chi connectivity index (χ0v) is 19.8. The smallest absolute Gasteiger partial charge is 0.267 e. The molecule has 0 bridgehead atoms. The maximum atomic E-state index is 12.5. The number of amides is 2. The fourth-order valence-electron chi connectivity index (χ4n) is 3.64. The van der Waals surface area contributed by atoms with Crippen LogP contribution < -0.4 is 21.3 Å². The van der Waals surface area contributed by atoms with Crippen LogP contribution in [0.15, 0.2) is 60.7 Å². The Morgan fingerprint density at radius 1 is 0.829 bits per heavy atom. The molecule has 4 aromatic rings. The zero-order chi connectivity index (χ0) is 24.6. The summed E-state index contributed by atoms with van der Waals surface area (Å²) in [5, 5.41) is 13.3. The Balaban J connectivity index is 1.41. The highest BCUT2D eigenvalue weighted by Crippen LogP contribution is 2.25. The monoisotopic (exact) mass is 471 g/mol. The highest BCUT2D eigenvalue weighted by molar-refractivity contribution is 5.98. The number of nitrogens with zero attached hydrogens (tertiary/aromatic N) is 2. The molecule has 2 heterocycles. The summed E-state index contributed by atoms with van der Waals surface area (Å²) in [4.78, 5) is 36.2. The Morgan fingerprint density at radius 3 is 2.11 bits per heavy atom. The van der Waals surface area contributed by atoms with E-state index in [0.29, 0.717) is 49.3 Å². The van der Waals surface area contributed by atoms with Crippen molar-refractivity contribution in [2.24, 2.45) is 0 Å². The van der Waals surface area contributed by atoms with E-state index in [0.717, 1.165) is 22.0 Å². The summed E-state index contributed by atoms with van der Waals surface area (Å²) in [6.07, 6.45) is 0. The first-order chi connectivity index (χ1) is 17.0. The lowest BCUT2D eigenvalue weighted by Gasteiger charge is -2.16. The van der Waals surface area contributed by atoms with Gasteiger partial charge in [0, 0.05) is 55.1 Å². The van der Waals surface area contributed by atoms with Gasteiger partial charge in [0.15, 0.2) is 5.82 Å². The molecular formula is C26H29N7O2. The van der Waals surface area contributed by atoms with Gasteiger partial charge in [-0.2, -0.15) is 0 Å². The number of carbonyl (C=O) groups excluding carboxylic acids is 2. The topological polar surface area (TPSA) is 124 Å². The van der Waals surface area contributed by atoms with E-state index in [-0.39, 0.29) is 11.8 Å². The van der Waals surface area contributed by atoms with Crippen molar-refractivity contribution < 1.29 is 9.59 Å². The van der Waals surface area contributed by atoms with Crippen LogP contribution in [0.3, 0.4) is 0 Å². The van der Waals surface area contributed by atoms with E-state index in [1.54, 1.807) is 0 Å². The van der Waals surface area contributed by atoms with Gasteiger partial charge >= 0.3 is 0 Å². The van der Waals surface area contributed by atoms with Crippen molar-refractivity contribution >= 4 is 34.4 Å².